The molecule has 1 aliphatic rings. The molecule has 1 aromatic heterocycles. The third-order valence-corrected chi connectivity index (χ3v) is 5.58. The van der Waals surface area contributed by atoms with E-state index in [0.29, 0.717) is 10.0 Å². The van der Waals surface area contributed by atoms with Crippen LogP contribution in [0.3, 0.4) is 0 Å². The Bertz CT molecular complexity index is 971. The van der Waals surface area contributed by atoms with Crippen LogP contribution in [0.2, 0.25) is 0 Å². The third-order valence-electron chi connectivity index (χ3n) is 4.92. The molecule has 0 saturated carbocycles. The molecule has 27 heavy (non-hydrogen) atoms. The Kier molecular flexibility index (Phi) is 5.07. The highest BCUT2D eigenvalue weighted by Gasteiger charge is 2.26. The second-order valence-corrected chi connectivity index (χ2v) is 7.59. The van der Waals surface area contributed by atoms with Gasteiger partial charge < -0.3 is 5.32 Å². The number of halogens is 2. The first-order valence-electron chi connectivity index (χ1n) is 8.96. The van der Waals surface area contributed by atoms with Gasteiger partial charge >= 0.3 is 0 Å². The van der Waals surface area contributed by atoms with E-state index in [1.165, 1.54) is 29.5 Å². The quantitative estimate of drug-likeness (QED) is 0.658. The Hall–Kier alpha value is -2.47. The van der Waals surface area contributed by atoms with E-state index in [4.69, 9.17) is 0 Å². The maximum absolute atomic E-state index is 13.3. The van der Waals surface area contributed by atoms with Crippen molar-refractivity contribution in [3.05, 3.63) is 87.4 Å². The summed E-state index contributed by atoms with van der Waals surface area (Å²) in [5, 5.41) is 7.64. The first kappa shape index (κ1) is 17.9. The molecule has 0 aliphatic heterocycles. The van der Waals surface area contributed by atoms with Crippen molar-refractivity contribution in [2.45, 2.75) is 31.8 Å². The summed E-state index contributed by atoms with van der Waals surface area (Å²) in [7, 11) is 0. The fraction of sp³-hybridized carbons (Fsp3) is 0.238. The van der Waals surface area contributed by atoms with Gasteiger partial charge in [0.1, 0.15) is 5.82 Å². The molecule has 2 aromatic carbocycles. The summed E-state index contributed by atoms with van der Waals surface area (Å²) in [5.74, 6) is -0.587. The van der Waals surface area contributed by atoms with Gasteiger partial charge in [0.15, 0.2) is 0 Å². The molecular formula is C21H19BrFN3O. The lowest BCUT2D eigenvalue weighted by Gasteiger charge is -2.24. The maximum Gasteiger partial charge on any atom is 0.252 e. The summed E-state index contributed by atoms with van der Waals surface area (Å²) in [6.45, 7) is 0.723. The van der Waals surface area contributed by atoms with Crippen LogP contribution in [0.1, 0.15) is 46.1 Å². The van der Waals surface area contributed by atoms with E-state index in [1.54, 1.807) is 0 Å². The molecule has 1 atom stereocenters. The highest BCUT2D eigenvalue weighted by atomic mass is 79.9. The number of nitrogens with one attached hydrogen (secondary N) is 1. The fourth-order valence-corrected chi connectivity index (χ4v) is 4.10. The van der Waals surface area contributed by atoms with Gasteiger partial charge in [-0.05, 0) is 59.0 Å². The molecule has 1 heterocycles. The van der Waals surface area contributed by atoms with Crippen LogP contribution in [-0.4, -0.2) is 15.7 Å². The van der Waals surface area contributed by atoms with Crippen LogP contribution in [0.15, 0.2) is 59.2 Å². The molecule has 0 radical (unpaired) electrons. The van der Waals surface area contributed by atoms with Crippen molar-refractivity contribution in [1.29, 1.82) is 0 Å². The second kappa shape index (κ2) is 7.64. The summed E-state index contributed by atoms with van der Waals surface area (Å²) in [6, 6.07) is 14.2. The normalized spacial score (nSPS) is 16.0. The first-order chi connectivity index (χ1) is 13.1. The number of hydrogen-bond donors (Lipinski definition) is 1. The Morgan fingerprint density at radius 1 is 1.26 bits per heavy atom. The van der Waals surface area contributed by atoms with Gasteiger partial charge in [-0.25, -0.2) is 4.39 Å². The zero-order chi connectivity index (χ0) is 18.8. The predicted octanol–water partition coefficient (Wildman–Crippen LogP) is 4.64. The number of amides is 1. The van der Waals surface area contributed by atoms with Crippen molar-refractivity contribution in [3.8, 4) is 0 Å². The van der Waals surface area contributed by atoms with E-state index in [2.05, 4.69) is 38.5 Å². The smallest absolute Gasteiger partial charge is 0.252 e. The van der Waals surface area contributed by atoms with Crippen molar-refractivity contribution in [2.24, 2.45) is 0 Å². The number of aromatic nitrogens is 2. The topological polar surface area (TPSA) is 46.9 Å². The van der Waals surface area contributed by atoms with Crippen molar-refractivity contribution in [3.63, 3.8) is 0 Å². The van der Waals surface area contributed by atoms with Gasteiger partial charge in [-0.2, -0.15) is 5.10 Å². The highest BCUT2D eigenvalue weighted by molar-refractivity contribution is 9.10. The van der Waals surface area contributed by atoms with Gasteiger partial charge in [0.05, 0.1) is 24.3 Å². The van der Waals surface area contributed by atoms with Crippen LogP contribution < -0.4 is 5.32 Å². The fourth-order valence-electron chi connectivity index (χ4n) is 3.57. The Labute approximate surface area is 165 Å². The van der Waals surface area contributed by atoms with Gasteiger partial charge in [0, 0.05) is 15.7 Å². The van der Waals surface area contributed by atoms with Crippen LogP contribution in [0, 0.1) is 5.82 Å². The lowest BCUT2D eigenvalue weighted by molar-refractivity contribution is 0.0932. The molecule has 0 bridgehead atoms. The van der Waals surface area contributed by atoms with Gasteiger partial charge in [-0.3, -0.25) is 9.48 Å². The van der Waals surface area contributed by atoms with Crippen LogP contribution in [0.25, 0.3) is 0 Å². The molecular weight excluding hydrogens is 409 g/mol. The summed E-state index contributed by atoms with van der Waals surface area (Å²) in [6.07, 6.45) is 4.68. The molecule has 0 saturated heterocycles. The van der Waals surface area contributed by atoms with E-state index in [1.807, 2.05) is 29.1 Å². The van der Waals surface area contributed by atoms with E-state index < -0.39 is 0 Å². The highest BCUT2D eigenvalue weighted by Crippen LogP contribution is 2.30. The van der Waals surface area contributed by atoms with Crippen LogP contribution in [0.5, 0.6) is 0 Å². The molecule has 138 valence electrons. The largest absolute Gasteiger partial charge is 0.345 e. The predicted molar refractivity (Wildman–Crippen MR) is 105 cm³/mol. The minimum Gasteiger partial charge on any atom is -0.345 e. The Balaban J connectivity index is 1.54. The summed E-state index contributed by atoms with van der Waals surface area (Å²) in [5.41, 5.74) is 3.88. The third kappa shape index (κ3) is 3.81. The molecule has 0 spiro atoms. The molecule has 0 unspecified atom stereocenters. The average Bonchev–Trinajstić information content (AvgIpc) is 3.06. The van der Waals surface area contributed by atoms with Gasteiger partial charge in [-0.1, -0.05) is 30.3 Å². The molecule has 6 heteroatoms. The minimum atomic E-state index is -0.374. The van der Waals surface area contributed by atoms with E-state index >= 15 is 0 Å². The lowest BCUT2D eigenvalue weighted by Crippen LogP contribution is -2.31. The number of rotatable bonds is 4. The van der Waals surface area contributed by atoms with Crippen molar-refractivity contribution in [1.82, 2.24) is 15.1 Å². The van der Waals surface area contributed by atoms with Crippen molar-refractivity contribution < 1.29 is 9.18 Å². The van der Waals surface area contributed by atoms with Crippen molar-refractivity contribution in [2.75, 3.05) is 0 Å². The minimum absolute atomic E-state index is 0.0808. The molecule has 4 nitrogen and oxygen atoms in total. The average molecular weight is 428 g/mol. The van der Waals surface area contributed by atoms with Crippen LogP contribution >= 0.6 is 15.9 Å². The van der Waals surface area contributed by atoms with Gasteiger partial charge in [-0.15, -0.1) is 0 Å². The van der Waals surface area contributed by atoms with Gasteiger partial charge in [0.25, 0.3) is 5.91 Å². The zero-order valence-corrected chi connectivity index (χ0v) is 16.2. The monoisotopic (exact) mass is 427 g/mol. The second-order valence-electron chi connectivity index (χ2n) is 6.73. The van der Waals surface area contributed by atoms with Crippen LogP contribution in [0.4, 0.5) is 4.39 Å². The Morgan fingerprint density at radius 2 is 2.07 bits per heavy atom. The standard InChI is InChI=1S/C21H19BrFN3O/c22-18-11-15(23)9-10-16(18)21(27)25-19-7-4-8-20-17(19)12-24-26(20)13-14-5-2-1-3-6-14/h1-3,5-6,9-12,19H,4,7-8,13H2,(H,25,27)/t19-/m0/s1. The summed E-state index contributed by atoms with van der Waals surface area (Å²) < 4.78 is 15.8. The molecule has 4 rings (SSSR count). The molecule has 0 fully saturated rings. The summed E-state index contributed by atoms with van der Waals surface area (Å²) in [4.78, 5) is 12.7. The number of hydrogen-bond acceptors (Lipinski definition) is 2. The molecule has 1 amide bonds. The van der Waals surface area contributed by atoms with Crippen molar-refractivity contribution >= 4 is 21.8 Å². The number of benzene rings is 2. The zero-order valence-electron chi connectivity index (χ0n) is 14.7. The number of nitrogens with zero attached hydrogens (tertiary/aromatic N) is 2. The van der Waals surface area contributed by atoms with E-state index in [0.717, 1.165) is 31.4 Å². The first-order valence-corrected chi connectivity index (χ1v) is 9.75. The molecule has 3 aromatic rings. The lowest BCUT2D eigenvalue weighted by atomic mass is 9.92. The maximum atomic E-state index is 13.3. The van der Waals surface area contributed by atoms with Gasteiger partial charge in [0.2, 0.25) is 0 Å². The van der Waals surface area contributed by atoms with Crippen LogP contribution in [-0.2, 0) is 13.0 Å². The SMILES string of the molecule is O=C(N[C@H]1CCCc2c1cnn2Cc1ccccc1)c1ccc(F)cc1Br. The van der Waals surface area contributed by atoms with E-state index in [-0.39, 0.29) is 17.8 Å². The summed E-state index contributed by atoms with van der Waals surface area (Å²) >= 11 is 3.27. The number of carbonyl (C=O) groups excluding carboxylic acids is 1. The number of carbonyl (C=O) groups is 1. The van der Waals surface area contributed by atoms with E-state index in [9.17, 15) is 9.18 Å². The molecule has 1 aliphatic carbocycles. The Morgan fingerprint density at radius 3 is 2.85 bits per heavy atom. The molecule has 1 N–H and O–H groups in total. The number of fused-ring (bicyclic) bond motifs is 1.